The van der Waals surface area contributed by atoms with Gasteiger partial charge in [0.2, 0.25) is 0 Å². The van der Waals surface area contributed by atoms with Crippen LogP contribution in [0.5, 0.6) is 11.5 Å². The van der Waals surface area contributed by atoms with Crippen LogP contribution in [0.2, 0.25) is 5.02 Å². The van der Waals surface area contributed by atoms with Gasteiger partial charge in [0.25, 0.3) is 11.6 Å². The molecule has 3 rings (SSSR count). The second kappa shape index (κ2) is 7.92. The lowest BCUT2D eigenvalue weighted by atomic mass is 10.1. The van der Waals surface area contributed by atoms with Crippen LogP contribution in [0.25, 0.3) is 5.69 Å². The van der Waals surface area contributed by atoms with Gasteiger partial charge in [-0.25, -0.2) is 9.67 Å². The molecule has 0 aliphatic carbocycles. The number of carbonyl (C=O) groups excluding carboxylic acids is 1. The summed E-state index contributed by atoms with van der Waals surface area (Å²) >= 11 is 6.05. The summed E-state index contributed by atoms with van der Waals surface area (Å²) in [5, 5.41) is 18.3. The molecular formula is C17H14ClN5O5. The van der Waals surface area contributed by atoms with Crippen molar-refractivity contribution in [1.29, 1.82) is 0 Å². The molecule has 10 nitrogen and oxygen atoms in total. The van der Waals surface area contributed by atoms with Crippen molar-refractivity contribution in [2.45, 2.75) is 0 Å². The van der Waals surface area contributed by atoms with Crippen LogP contribution < -0.4 is 14.8 Å². The summed E-state index contributed by atoms with van der Waals surface area (Å²) in [7, 11) is 2.86. The number of carbonyl (C=O) groups is 1. The first-order chi connectivity index (χ1) is 13.4. The number of methoxy groups -OCH3 is 2. The molecule has 0 aliphatic heterocycles. The molecule has 0 spiro atoms. The Morgan fingerprint density at radius 3 is 2.57 bits per heavy atom. The molecule has 0 fully saturated rings. The Morgan fingerprint density at radius 1 is 1.21 bits per heavy atom. The molecule has 1 amide bonds. The van der Waals surface area contributed by atoms with Gasteiger partial charge in [-0.15, -0.1) is 0 Å². The number of nitrogens with zero attached hydrogens (tertiary/aromatic N) is 4. The Hall–Kier alpha value is -3.66. The fourth-order valence-electron chi connectivity index (χ4n) is 2.49. The SMILES string of the molecule is COc1cc(NC(=O)c2ccc(-n3cncn3)c([N+](=O)[O-])c2)c(OC)cc1Cl. The van der Waals surface area contributed by atoms with Crippen LogP contribution in [0, 0.1) is 10.1 Å². The van der Waals surface area contributed by atoms with Crippen molar-refractivity contribution in [2.75, 3.05) is 19.5 Å². The molecule has 11 heteroatoms. The minimum Gasteiger partial charge on any atom is -0.495 e. The van der Waals surface area contributed by atoms with E-state index in [1.165, 1.54) is 55.8 Å². The van der Waals surface area contributed by atoms with Gasteiger partial charge in [-0.05, 0) is 12.1 Å². The van der Waals surface area contributed by atoms with Crippen LogP contribution in [0.15, 0.2) is 43.0 Å². The van der Waals surface area contributed by atoms with Gasteiger partial charge >= 0.3 is 0 Å². The van der Waals surface area contributed by atoms with Crippen LogP contribution in [0.3, 0.4) is 0 Å². The van der Waals surface area contributed by atoms with Gasteiger partial charge in [-0.2, -0.15) is 5.10 Å². The van der Waals surface area contributed by atoms with E-state index in [-0.39, 0.29) is 16.9 Å². The van der Waals surface area contributed by atoms with E-state index in [2.05, 4.69) is 15.4 Å². The molecular weight excluding hydrogens is 390 g/mol. The molecule has 0 saturated carbocycles. The number of benzene rings is 2. The van der Waals surface area contributed by atoms with Crippen molar-refractivity contribution in [3.63, 3.8) is 0 Å². The summed E-state index contributed by atoms with van der Waals surface area (Å²) in [6.45, 7) is 0. The lowest BCUT2D eigenvalue weighted by molar-refractivity contribution is -0.384. The normalized spacial score (nSPS) is 10.4. The number of hydrogen-bond acceptors (Lipinski definition) is 7. The van der Waals surface area contributed by atoms with Gasteiger partial charge in [-0.3, -0.25) is 14.9 Å². The van der Waals surface area contributed by atoms with E-state index in [0.29, 0.717) is 22.2 Å². The topological polar surface area (TPSA) is 121 Å². The number of anilines is 1. The number of nitro groups is 1. The second-order valence-electron chi connectivity index (χ2n) is 5.44. The highest BCUT2D eigenvalue weighted by molar-refractivity contribution is 6.32. The van der Waals surface area contributed by atoms with Crippen molar-refractivity contribution in [3.8, 4) is 17.2 Å². The van der Waals surface area contributed by atoms with E-state index in [4.69, 9.17) is 21.1 Å². The van der Waals surface area contributed by atoms with Crippen molar-refractivity contribution in [2.24, 2.45) is 0 Å². The van der Waals surface area contributed by atoms with Crippen LogP contribution in [-0.2, 0) is 0 Å². The van der Waals surface area contributed by atoms with E-state index in [1.54, 1.807) is 0 Å². The number of nitrogens with one attached hydrogen (secondary N) is 1. The summed E-state index contributed by atoms with van der Waals surface area (Å²) in [4.78, 5) is 27.2. The molecule has 0 bridgehead atoms. The monoisotopic (exact) mass is 403 g/mol. The Kier molecular flexibility index (Phi) is 5.41. The molecule has 0 aliphatic rings. The Bertz CT molecular complexity index is 1040. The third kappa shape index (κ3) is 3.71. The quantitative estimate of drug-likeness (QED) is 0.495. The smallest absolute Gasteiger partial charge is 0.295 e. The average molecular weight is 404 g/mol. The molecule has 2 aromatic carbocycles. The molecule has 1 heterocycles. The molecule has 1 N–H and O–H groups in total. The van der Waals surface area contributed by atoms with Gasteiger partial charge in [0.05, 0.1) is 29.9 Å². The highest BCUT2D eigenvalue weighted by Gasteiger charge is 2.20. The zero-order valence-electron chi connectivity index (χ0n) is 14.7. The maximum absolute atomic E-state index is 12.6. The second-order valence-corrected chi connectivity index (χ2v) is 5.85. The fourth-order valence-corrected chi connectivity index (χ4v) is 2.72. The first-order valence-corrected chi connectivity index (χ1v) is 8.18. The van der Waals surface area contributed by atoms with Crippen molar-refractivity contribution < 1.29 is 19.2 Å². The largest absolute Gasteiger partial charge is 0.495 e. The predicted molar refractivity (Wildman–Crippen MR) is 101 cm³/mol. The van der Waals surface area contributed by atoms with Crippen LogP contribution in [0.4, 0.5) is 11.4 Å². The number of aromatic nitrogens is 3. The molecule has 0 unspecified atom stereocenters. The summed E-state index contributed by atoms with van der Waals surface area (Å²) in [5.41, 5.74) is 0.270. The number of amides is 1. The summed E-state index contributed by atoms with van der Waals surface area (Å²) in [6.07, 6.45) is 2.58. The maximum Gasteiger partial charge on any atom is 0.295 e. The van der Waals surface area contributed by atoms with E-state index in [9.17, 15) is 14.9 Å². The number of rotatable bonds is 6. The predicted octanol–water partition coefficient (Wildman–Crippen LogP) is 3.10. The number of hydrogen-bond donors (Lipinski definition) is 1. The Morgan fingerprint density at radius 2 is 1.96 bits per heavy atom. The van der Waals surface area contributed by atoms with Crippen LogP contribution >= 0.6 is 11.6 Å². The van der Waals surface area contributed by atoms with Gasteiger partial charge < -0.3 is 14.8 Å². The number of nitro benzene ring substituents is 1. The van der Waals surface area contributed by atoms with Gasteiger partial charge in [0.1, 0.15) is 29.8 Å². The third-order valence-corrected chi connectivity index (χ3v) is 4.12. The lowest BCUT2D eigenvalue weighted by Gasteiger charge is -2.13. The highest BCUT2D eigenvalue weighted by atomic mass is 35.5. The van der Waals surface area contributed by atoms with Crippen LogP contribution in [-0.4, -0.2) is 39.8 Å². The van der Waals surface area contributed by atoms with Crippen molar-refractivity contribution >= 4 is 28.9 Å². The maximum atomic E-state index is 12.6. The molecule has 3 aromatic rings. The first kappa shape index (κ1) is 19.1. The summed E-state index contributed by atoms with van der Waals surface area (Å²) in [6, 6.07) is 7.01. The van der Waals surface area contributed by atoms with E-state index in [1.807, 2.05) is 0 Å². The van der Waals surface area contributed by atoms with E-state index >= 15 is 0 Å². The highest BCUT2D eigenvalue weighted by Crippen LogP contribution is 2.36. The molecule has 0 saturated heterocycles. The minimum absolute atomic E-state index is 0.0755. The molecule has 1 aromatic heterocycles. The average Bonchev–Trinajstić information content (AvgIpc) is 3.23. The summed E-state index contributed by atoms with van der Waals surface area (Å²) < 4.78 is 11.6. The molecule has 0 atom stereocenters. The van der Waals surface area contributed by atoms with E-state index < -0.39 is 10.8 Å². The van der Waals surface area contributed by atoms with Crippen molar-refractivity contribution in [1.82, 2.24) is 14.8 Å². The molecule has 0 radical (unpaired) electrons. The zero-order chi connectivity index (χ0) is 20.3. The van der Waals surface area contributed by atoms with Gasteiger partial charge in [0, 0.05) is 23.8 Å². The van der Waals surface area contributed by atoms with Crippen LogP contribution in [0.1, 0.15) is 10.4 Å². The third-order valence-electron chi connectivity index (χ3n) is 3.82. The number of halogens is 1. The standard InChI is InChI=1S/C17H14ClN5O5/c1-27-15-7-12(16(28-2)6-11(15)18)21-17(24)10-3-4-13(14(5-10)23(25)26)22-9-19-8-20-22/h3-9H,1-2H3,(H,21,24). The van der Waals surface area contributed by atoms with E-state index in [0.717, 1.165) is 6.07 Å². The Labute approximate surface area is 163 Å². The number of ether oxygens (including phenoxy) is 2. The first-order valence-electron chi connectivity index (χ1n) is 7.81. The summed E-state index contributed by atoms with van der Waals surface area (Å²) in [5.74, 6) is 0.0779. The lowest BCUT2D eigenvalue weighted by Crippen LogP contribution is -2.14. The minimum atomic E-state index is -0.598. The Balaban J connectivity index is 1.95. The molecule has 28 heavy (non-hydrogen) atoms. The van der Waals surface area contributed by atoms with Gasteiger partial charge in [0.15, 0.2) is 0 Å². The zero-order valence-corrected chi connectivity index (χ0v) is 15.5. The molecule has 144 valence electrons. The fraction of sp³-hybridized carbons (Fsp3) is 0.118. The van der Waals surface area contributed by atoms with Gasteiger partial charge in [-0.1, -0.05) is 11.6 Å². The van der Waals surface area contributed by atoms with Crippen molar-refractivity contribution in [3.05, 3.63) is 63.7 Å².